The molecule has 0 aliphatic carbocycles. The van der Waals surface area contributed by atoms with E-state index in [2.05, 4.69) is 10.6 Å². The van der Waals surface area contributed by atoms with Gasteiger partial charge in [0.1, 0.15) is 0 Å². The van der Waals surface area contributed by atoms with Crippen LogP contribution in [0, 0.1) is 11.8 Å². The number of amides is 1. The topological polar surface area (TPSA) is 41.1 Å². The normalized spacial score (nSPS) is 19.2. The minimum Gasteiger partial charge on any atom is -0.355 e. The van der Waals surface area contributed by atoms with E-state index >= 15 is 0 Å². The highest BCUT2D eigenvalue weighted by Crippen LogP contribution is 2.15. The van der Waals surface area contributed by atoms with Gasteiger partial charge in [0.25, 0.3) is 0 Å². The smallest absolute Gasteiger partial charge is 0.223 e. The second kappa shape index (κ2) is 5.50. The minimum absolute atomic E-state index is 0.170. The number of hydrogen-bond acceptors (Lipinski definition) is 3. The van der Waals surface area contributed by atoms with Crippen LogP contribution in [0.5, 0.6) is 0 Å². The zero-order chi connectivity index (χ0) is 9.68. The summed E-state index contributed by atoms with van der Waals surface area (Å²) in [6.45, 7) is 4.80. The number of carbonyl (C=O) groups is 1. The molecular formula is C9H18N2OS. The third-order valence-corrected chi connectivity index (χ3v) is 3.15. The van der Waals surface area contributed by atoms with E-state index < -0.39 is 0 Å². The van der Waals surface area contributed by atoms with Crippen molar-refractivity contribution in [3.8, 4) is 0 Å². The predicted octanol–water partition coefficient (Wildman–Crippen LogP) is 0.321. The van der Waals surface area contributed by atoms with Crippen LogP contribution in [0.2, 0.25) is 0 Å². The molecule has 0 spiro atoms. The molecule has 0 bridgehead atoms. The quantitative estimate of drug-likeness (QED) is 0.631. The van der Waals surface area contributed by atoms with Crippen LogP contribution >= 0.6 is 11.8 Å². The molecule has 1 unspecified atom stereocenters. The van der Waals surface area contributed by atoms with Gasteiger partial charge in [0.05, 0.1) is 0 Å². The van der Waals surface area contributed by atoms with Crippen molar-refractivity contribution < 1.29 is 4.79 Å². The third-order valence-electron chi connectivity index (χ3n) is 2.54. The molecule has 1 aliphatic heterocycles. The van der Waals surface area contributed by atoms with Crippen LogP contribution < -0.4 is 10.6 Å². The molecule has 0 saturated carbocycles. The van der Waals surface area contributed by atoms with Crippen molar-refractivity contribution in [3.05, 3.63) is 0 Å². The summed E-state index contributed by atoms with van der Waals surface area (Å²) in [6, 6.07) is 0. The number of rotatable bonds is 5. The lowest BCUT2D eigenvalue weighted by Gasteiger charge is -2.31. The minimum atomic E-state index is 0.170. The summed E-state index contributed by atoms with van der Waals surface area (Å²) in [6.07, 6.45) is 2.05. The summed E-state index contributed by atoms with van der Waals surface area (Å²) in [5, 5.41) is 6.13. The highest BCUT2D eigenvalue weighted by Gasteiger charge is 2.28. The Hall–Kier alpha value is -0.220. The van der Waals surface area contributed by atoms with Crippen LogP contribution in [-0.2, 0) is 4.79 Å². The highest BCUT2D eigenvalue weighted by molar-refractivity contribution is 7.98. The fourth-order valence-corrected chi connectivity index (χ4v) is 1.62. The summed E-state index contributed by atoms with van der Waals surface area (Å²) in [7, 11) is 0. The molecule has 1 fully saturated rings. The lowest BCUT2D eigenvalue weighted by atomic mass is 9.88. The van der Waals surface area contributed by atoms with Gasteiger partial charge in [-0.05, 0) is 25.3 Å². The monoisotopic (exact) mass is 202 g/mol. The zero-order valence-corrected chi connectivity index (χ0v) is 9.12. The van der Waals surface area contributed by atoms with E-state index in [0.717, 1.165) is 25.4 Å². The summed E-state index contributed by atoms with van der Waals surface area (Å²) in [5.74, 6) is 1.93. The first-order chi connectivity index (χ1) is 6.25. The summed E-state index contributed by atoms with van der Waals surface area (Å²) < 4.78 is 0. The molecule has 0 aromatic rings. The van der Waals surface area contributed by atoms with Crippen molar-refractivity contribution in [2.45, 2.75) is 6.92 Å². The number of hydrogen-bond donors (Lipinski definition) is 2. The van der Waals surface area contributed by atoms with Gasteiger partial charge in [-0.1, -0.05) is 6.92 Å². The molecule has 0 radical (unpaired) electrons. The van der Waals surface area contributed by atoms with E-state index in [1.54, 1.807) is 11.8 Å². The van der Waals surface area contributed by atoms with Crippen molar-refractivity contribution in [1.29, 1.82) is 0 Å². The van der Waals surface area contributed by atoms with Crippen LogP contribution in [-0.4, -0.2) is 37.6 Å². The van der Waals surface area contributed by atoms with E-state index in [1.807, 2.05) is 13.2 Å². The maximum absolute atomic E-state index is 11.5. The first-order valence-corrected chi connectivity index (χ1v) is 6.12. The number of carbonyl (C=O) groups excluding carboxylic acids is 1. The van der Waals surface area contributed by atoms with Crippen LogP contribution in [0.4, 0.5) is 0 Å². The van der Waals surface area contributed by atoms with Gasteiger partial charge in [-0.25, -0.2) is 0 Å². The molecule has 1 heterocycles. The Bertz CT molecular complexity index is 171. The Balaban J connectivity index is 2.13. The standard InChI is InChI=1S/C9H18N2OS/c1-7(8-5-10-6-8)9(12)11-3-4-13-2/h7-8,10H,3-6H2,1-2H3,(H,11,12). The van der Waals surface area contributed by atoms with E-state index in [1.165, 1.54) is 0 Å². The van der Waals surface area contributed by atoms with E-state index in [-0.39, 0.29) is 11.8 Å². The Labute approximate surface area is 84.0 Å². The van der Waals surface area contributed by atoms with E-state index in [9.17, 15) is 4.79 Å². The average molecular weight is 202 g/mol. The molecule has 13 heavy (non-hydrogen) atoms. The molecular weight excluding hydrogens is 184 g/mol. The van der Waals surface area contributed by atoms with Gasteiger partial charge >= 0.3 is 0 Å². The molecule has 2 N–H and O–H groups in total. The molecule has 1 atom stereocenters. The zero-order valence-electron chi connectivity index (χ0n) is 8.30. The summed E-state index contributed by atoms with van der Waals surface area (Å²) in [5.41, 5.74) is 0. The highest BCUT2D eigenvalue weighted by atomic mass is 32.2. The lowest BCUT2D eigenvalue weighted by molar-refractivity contribution is -0.126. The summed E-state index contributed by atoms with van der Waals surface area (Å²) >= 11 is 1.76. The van der Waals surface area contributed by atoms with Crippen molar-refractivity contribution >= 4 is 17.7 Å². The Morgan fingerprint density at radius 2 is 2.38 bits per heavy atom. The maximum atomic E-state index is 11.5. The predicted molar refractivity (Wildman–Crippen MR) is 56.9 cm³/mol. The van der Waals surface area contributed by atoms with Gasteiger partial charge in [0.2, 0.25) is 5.91 Å². The van der Waals surface area contributed by atoms with Gasteiger partial charge in [-0.3, -0.25) is 4.79 Å². The largest absolute Gasteiger partial charge is 0.355 e. The van der Waals surface area contributed by atoms with Gasteiger partial charge in [-0.15, -0.1) is 0 Å². The second-order valence-corrected chi connectivity index (χ2v) is 4.48. The fourth-order valence-electron chi connectivity index (χ4n) is 1.32. The number of thioether (sulfide) groups is 1. The maximum Gasteiger partial charge on any atom is 0.223 e. The Morgan fingerprint density at radius 3 is 2.85 bits per heavy atom. The van der Waals surface area contributed by atoms with Crippen LogP contribution in [0.1, 0.15) is 6.92 Å². The number of nitrogens with one attached hydrogen (secondary N) is 2. The molecule has 0 aromatic carbocycles. The van der Waals surface area contributed by atoms with Crippen molar-refractivity contribution in [2.75, 3.05) is 31.6 Å². The molecule has 1 amide bonds. The van der Waals surface area contributed by atoms with Crippen LogP contribution in [0.3, 0.4) is 0 Å². The SMILES string of the molecule is CSCCNC(=O)C(C)C1CNC1. The van der Waals surface area contributed by atoms with Gasteiger partial charge in [-0.2, -0.15) is 11.8 Å². The molecule has 4 heteroatoms. The van der Waals surface area contributed by atoms with Crippen molar-refractivity contribution in [1.82, 2.24) is 10.6 Å². The van der Waals surface area contributed by atoms with Crippen molar-refractivity contribution in [3.63, 3.8) is 0 Å². The molecule has 0 aromatic heterocycles. The molecule has 1 rings (SSSR count). The van der Waals surface area contributed by atoms with Gasteiger partial charge in [0, 0.05) is 18.2 Å². The lowest BCUT2D eigenvalue weighted by Crippen LogP contribution is -2.49. The summed E-state index contributed by atoms with van der Waals surface area (Å²) in [4.78, 5) is 11.5. The molecule has 1 aliphatic rings. The third kappa shape index (κ3) is 3.19. The molecule has 1 saturated heterocycles. The fraction of sp³-hybridized carbons (Fsp3) is 0.889. The Kier molecular flexibility index (Phi) is 4.59. The average Bonchev–Trinajstić information content (AvgIpc) is 2.01. The van der Waals surface area contributed by atoms with Crippen LogP contribution in [0.15, 0.2) is 0 Å². The second-order valence-electron chi connectivity index (χ2n) is 3.49. The van der Waals surface area contributed by atoms with E-state index in [4.69, 9.17) is 0 Å². The first kappa shape index (κ1) is 10.9. The first-order valence-electron chi connectivity index (χ1n) is 4.73. The molecule has 76 valence electrons. The van der Waals surface area contributed by atoms with E-state index in [0.29, 0.717) is 5.92 Å². The van der Waals surface area contributed by atoms with Crippen molar-refractivity contribution in [2.24, 2.45) is 11.8 Å². The van der Waals surface area contributed by atoms with Gasteiger partial charge in [0.15, 0.2) is 0 Å². The van der Waals surface area contributed by atoms with Crippen LogP contribution in [0.25, 0.3) is 0 Å². The Morgan fingerprint density at radius 1 is 1.69 bits per heavy atom. The van der Waals surface area contributed by atoms with Gasteiger partial charge < -0.3 is 10.6 Å². The molecule has 3 nitrogen and oxygen atoms in total.